The molecule has 1 aliphatic rings. The number of aryl methyl sites for hydroxylation is 1. The molecule has 0 bridgehead atoms. The maximum atomic E-state index is 11.9. The van der Waals surface area contributed by atoms with Crippen LogP contribution >= 0.6 is 0 Å². The molecule has 0 saturated carbocycles. The van der Waals surface area contributed by atoms with Gasteiger partial charge in [0.05, 0.1) is 13.1 Å². The van der Waals surface area contributed by atoms with Crippen molar-refractivity contribution >= 4 is 5.91 Å². The van der Waals surface area contributed by atoms with Crippen molar-refractivity contribution in [3.63, 3.8) is 0 Å². The Morgan fingerprint density at radius 3 is 2.45 bits per heavy atom. The van der Waals surface area contributed by atoms with Gasteiger partial charge in [-0.2, -0.15) is 0 Å². The molecule has 0 unspecified atom stereocenters. The number of aromatic nitrogens is 2. The largest absolute Gasteiger partial charge is 0.423 e. The van der Waals surface area contributed by atoms with Gasteiger partial charge in [0.1, 0.15) is 0 Å². The Hall–Kier alpha value is -1.43. The number of amides is 1. The highest BCUT2D eigenvalue weighted by Gasteiger charge is 2.13. The van der Waals surface area contributed by atoms with Crippen LogP contribution in [0.1, 0.15) is 50.8 Å². The highest BCUT2D eigenvalue weighted by Crippen LogP contribution is 2.10. The molecule has 2 rings (SSSR count). The van der Waals surface area contributed by atoms with Crippen LogP contribution in [-0.4, -0.2) is 40.6 Å². The fourth-order valence-corrected chi connectivity index (χ4v) is 2.41. The van der Waals surface area contributed by atoms with E-state index in [0.29, 0.717) is 31.3 Å². The van der Waals surface area contributed by atoms with Crippen LogP contribution in [0.2, 0.25) is 0 Å². The highest BCUT2D eigenvalue weighted by atomic mass is 16.4. The lowest BCUT2D eigenvalue weighted by atomic mass is 10.1. The van der Waals surface area contributed by atoms with Crippen molar-refractivity contribution in [1.82, 2.24) is 20.4 Å². The predicted molar refractivity (Wildman–Crippen MR) is 75.0 cm³/mol. The number of carbonyl (C=O) groups is 1. The Morgan fingerprint density at radius 2 is 1.80 bits per heavy atom. The van der Waals surface area contributed by atoms with Gasteiger partial charge in [0.25, 0.3) is 0 Å². The van der Waals surface area contributed by atoms with Gasteiger partial charge in [-0.05, 0) is 25.9 Å². The SMILES string of the molecule is CCc1nnc(CNC(=O)CN2CCCCCCC2)o1. The van der Waals surface area contributed by atoms with E-state index in [1.54, 1.807) is 0 Å². The maximum Gasteiger partial charge on any atom is 0.235 e. The molecule has 112 valence electrons. The van der Waals surface area contributed by atoms with E-state index >= 15 is 0 Å². The Balaban J connectivity index is 1.71. The third-order valence-electron chi connectivity index (χ3n) is 3.56. The second-order valence-electron chi connectivity index (χ2n) is 5.26. The molecule has 0 aromatic carbocycles. The van der Waals surface area contributed by atoms with Crippen molar-refractivity contribution in [3.8, 4) is 0 Å². The number of hydrogen-bond donors (Lipinski definition) is 1. The van der Waals surface area contributed by atoms with Crippen LogP contribution in [0.4, 0.5) is 0 Å². The first-order chi connectivity index (χ1) is 9.78. The van der Waals surface area contributed by atoms with Gasteiger partial charge in [-0.15, -0.1) is 10.2 Å². The van der Waals surface area contributed by atoms with Crippen LogP contribution in [-0.2, 0) is 17.8 Å². The number of carbonyl (C=O) groups excluding carboxylic acids is 1. The van der Waals surface area contributed by atoms with Crippen molar-refractivity contribution in [2.45, 2.75) is 52.0 Å². The van der Waals surface area contributed by atoms with E-state index in [4.69, 9.17) is 4.42 Å². The third kappa shape index (κ3) is 4.92. The van der Waals surface area contributed by atoms with E-state index in [1.165, 1.54) is 32.1 Å². The van der Waals surface area contributed by atoms with Crippen molar-refractivity contribution in [3.05, 3.63) is 11.8 Å². The van der Waals surface area contributed by atoms with Crippen LogP contribution in [0.5, 0.6) is 0 Å². The average molecular weight is 280 g/mol. The maximum absolute atomic E-state index is 11.9. The monoisotopic (exact) mass is 280 g/mol. The van der Waals surface area contributed by atoms with Crippen LogP contribution in [0.25, 0.3) is 0 Å². The molecule has 1 aromatic heterocycles. The minimum Gasteiger partial charge on any atom is -0.423 e. The molecule has 0 spiro atoms. The van der Waals surface area contributed by atoms with Crippen LogP contribution < -0.4 is 5.32 Å². The van der Waals surface area contributed by atoms with Gasteiger partial charge in [-0.1, -0.05) is 26.2 Å². The van der Waals surface area contributed by atoms with Crippen molar-refractivity contribution in [2.75, 3.05) is 19.6 Å². The molecule has 20 heavy (non-hydrogen) atoms. The summed E-state index contributed by atoms with van der Waals surface area (Å²) in [5.74, 6) is 1.11. The van der Waals surface area contributed by atoms with Crippen LogP contribution in [0.15, 0.2) is 4.42 Å². The van der Waals surface area contributed by atoms with Gasteiger partial charge in [0.15, 0.2) is 0 Å². The molecular formula is C14H24N4O2. The van der Waals surface area contributed by atoms with E-state index in [9.17, 15) is 4.79 Å². The standard InChI is InChI=1S/C14H24N4O2/c1-2-13-16-17-14(20-13)10-15-12(19)11-18-8-6-4-3-5-7-9-18/h2-11H2,1H3,(H,15,19). The van der Waals surface area contributed by atoms with E-state index < -0.39 is 0 Å². The van der Waals surface area contributed by atoms with Gasteiger partial charge in [0.2, 0.25) is 17.7 Å². The zero-order valence-electron chi connectivity index (χ0n) is 12.2. The predicted octanol–water partition coefficient (Wildman–Crippen LogP) is 1.51. The topological polar surface area (TPSA) is 71.3 Å². The first-order valence-electron chi connectivity index (χ1n) is 7.58. The lowest BCUT2D eigenvalue weighted by molar-refractivity contribution is -0.122. The van der Waals surface area contributed by atoms with Crippen LogP contribution in [0.3, 0.4) is 0 Å². The molecule has 0 radical (unpaired) electrons. The molecule has 1 saturated heterocycles. The molecule has 0 aliphatic carbocycles. The smallest absolute Gasteiger partial charge is 0.235 e. The number of hydrogen-bond acceptors (Lipinski definition) is 5. The molecule has 6 nitrogen and oxygen atoms in total. The summed E-state index contributed by atoms with van der Waals surface area (Å²) in [7, 11) is 0. The number of likely N-dealkylation sites (tertiary alicyclic amines) is 1. The summed E-state index contributed by atoms with van der Waals surface area (Å²) in [5, 5.41) is 10.6. The average Bonchev–Trinajstić information content (AvgIpc) is 2.87. The number of nitrogens with zero attached hydrogens (tertiary/aromatic N) is 3. The minimum atomic E-state index is 0.0295. The van der Waals surface area contributed by atoms with Gasteiger partial charge in [0, 0.05) is 6.42 Å². The van der Waals surface area contributed by atoms with Crippen LogP contribution in [0, 0.1) is 0 Å². The van der Waals surface area contributed by atoms with E-state index in [2.05, 4.69) is 20.4 Å². The first kappa shape index (κ1) is 15.0. The highest BCUT2D eigenvalue weighted by molar-refractivity contribution is 5.77. The fourth-order valence-electron chi connectivity index (χ4n) is 2.41. The van der Waals surface area contributed by atoms with E-state index in [-0.39, 0.29) is 5.91 Å². The quantitative estimate of drug-likeness (QED) is 0.885. The second-order valence-corrected chi connectivity index (χ2v) is 5.26. The van der Waals surface area contributed by atoms with Gasteiger partial charge < -0.3 is 9.73 Å². The number of rotatable bonds is 5. The normalized spacial score (nSPS) is 17.4. The lowest BCUT2D eigenvalue weighted by Crippen LogP contribution is -2.38. The summed E-state index contributed by atoms with van der Waals surface area (Å²) < 4.78 is 5.36. The summed E-state index contributed by atoms with van der Waals surface area (Å²) in [5.41, 5.74) is 0. The van der Waals surface area contributed by atoms with Gasteiger partial charge in [-0.3, -0.25) is 9.69 Å². The molecule has 1 N–H and O–H groups in total. The van der Waals surface area contributed by atoms with Crippen molar-refractivity contribution in [2.24, 2.45) is 0 Å². The third-order valence-corrected chi connectivity index (χ3v) is 3.56. The fraction of sp³-hybridized carbons (Fsp3) is 0.786. The molecule has 2 heterocycles. The number of nitrogens with one attached hydrogen (secondary N) is 1. The molecule has 1 fully saturated rings. The minimum absolute atomic E-state index is 0.0295. The summed E-state index contributed by atoms with van der Waals surface area (Å²) >= 11 is 0. The van der Waals surface area contributed by atoms with Crippen molar-refractivity contribution in [1.29, 1.82) is 0 Å². The summed E-state index contributed by atoms with van der Waals surface area (Å²) in [6.45, 7) is 4.79. The van der Waals surface area contributed by atoms with Gasteiger partial charge in [-0.25, -0.2) is 0 Å². The lowest BCUT2D eigenvalue weighted by Gasteiger charge is -2.23. The Bertz CT molecular complexity index is 411. The second kappa shape index (κ2) is 7.99. The van der Waals surface area contributed by atoms with E-state index in [1.807, 2.05) is 6.92 Å². The zero-order valence-corrected chi connectivity index (χ0v) is 12.2. The molecule has 0 atom stereocenters. The molecule has 1 aliphatic heterocycles. The molecule has 1 aromatic rings. The Labute approximate surface area is 119 Å². The van der Waals surface area contributed by atoms with E-state index in [0.717, 1.165) is 13.1 Å². The first-order valence-corrected chi connectivity index (χ1v) is 7.58. The Kier molecular flexibility index (Phi) is 5.98. The zero-order chi connectivity index (χ0) is 14.2. The van der Waals surface area contributed by atoms with Gasteiger partial charge >= 0.3 is 0 Å². The Morgan fingerprint density at radius 1 is 1.15 bits per heavy atom. The van der Waals surface area contributed by atoms with Crippen molar-refractivity contribution < 1.29 is 9.21 Å². The summed E-state index contributed by atoms with van der Waals surface area (Å²) in [6.07, 6.45) is 6.99. The molecular weight excluding hydrogens is 256 g/mol. The molecule has 6 heteroatoms. The molecule has 1 amide bonds. The summed E-state index contributed by atoms with van der Waals surface area (Å²) in [6, 6.07) is 0. The summed E-state index contributed by atoms with van der Waals surface area (Å²) in [4.78, 5) is 14.2.